The fraction of sp³-hybridized carbons (Fsp3) is 0.174. The molecule has 1 aliphatic carbocycles. The first kappa shape index (κ1) is 14.1. The second-order valence-electron chi connectivity index (χ2n) is 7.14. The summed E-state index contributed by atoms with van der Waals surface area (Å²) in [7, 11) is 0. The van der Waals surface area contributed by atoms with Crippen molar-refractivity contribution in [3.63, 3.8) is 0 Å². The van der Waals surface area contributed by atoms with Gasteiger partial charge in [0.05, 0.1) is 11.0 Å². The molecule has 3 heteroatoms. The lowest BCUT2D eigenvalue weighted by atomic mass is 9.95. The molecule has 2 aromatic carbocycles. The van der Waals surface area contributed by atoms with Crippen LogP contribution in [-0.2, 0) is 12.8 Å². The van der Waals surface area contributed by atoms with E-state index in [4.69, 9.17) is 4.42 Å². The van der Waals surface area contributed by atoms with Gasteiger partial charge in [-0.05, 0) is 49.6 Å². The number of nitrogens with zero attached hydrogens (tertiary/aromatic N) is 2. The summed E-state index contributed by atoms with van der Waals surface area (Å²) in [5.41, 5.74) is 6.01. The zero-order valence-electron chi connectivity index (χ0n) is 14.4. The number of rotatable bonds is 1. The fourth-order valence-electron chi connectivity index (χ4n) is 4.47. The number of aryl methyl sites for hydroxylation is 2. The van der Waals surface area contributed by atoms with Gasteiger partial charge in [-0.1, -0.05) is 18.2 Å². The van der Waals surface area contributed by atoms with Gasteiger partial charge in [0.2, 0.25) is 0 Å². The van der Waals surface area contributed by atoms with E-state index >= 15 is 0 Å². The Morgan fingerprint density at radius 1 is 0.846 bits per heavy atom. The number of pyridine rings is 1. The molecule has 0 spiro atoms. The summed E-state index contributed by atoms with van der Waals surface area (Å²) in [5.74, 6) is 1.19. The largest absolute Gasteiger partial charge is 0.461 e. The molecule has 0 bridgehead atoms. The van der Waals surface area contributed by atoms with E-state index in [-0.39, 0.29) is 0 Å². The Bertz CT molecular complexity index is 1280. The Morgan fingerprint density at radius 3 is 2.65 bits per heavy atom. The molecule has 0 fully saturated rings. The third-order valence-electron chi connectivity index (χ3n) is 5.66. The molecule has 0 saturated carbocycles. The van der Waals surface area contributed by atoms with Crippen molar-refractivity contribution in [2.75, 3.05) is 0 Å². The maximum Gasteiger partial charge on any atom is 0.135 e. The van der Waals surface area contributed by atoms with Crippen LogP contribution in [0.4, 0.5) is 0 Å². The summed E-state index contributed by atoms with van der Waals surface area (Å²) < 4.78 is 8.57. The van der Waals surface area contributed by atoms with E-state index in [1.807, 2.05) is 12.4 Å². The number of hydrogen-bond acceptors (Lipinski definition) is 2. The fourth-order valence-corrected chi connectivity index (χ4v) is 4.47. The molecule has 126 valence electrons. The topological polar surface area (TPSA) is 31.0 Å². The van der Waals surface area contributed by atoms with Crippen molar-refractivity contribution in [1.82, 2.24) is 9.55 Å². The van der Waals surface area contributed by atoms with Crippen LogP contribution in [0.5, 0.6) is 0 Å². The molecule has 0 amide bonds. The van der Waals surface area contributed by atoms with Crippen LogP contribution >= 0.6 is 0 Å². The van der Waals surface area contributed by atoms with Crippen molar-refractivity contribution in [2.24, 2.45) is 0 Å². The highest BCUT2D eigenvalue weighted by molar-refractivity contribution is 6.13. The Hall–Kier alpha value is -3.07. The predicted molar refractivity (Wildman–Crippen MR) is 105 cm³/mol. The van der Waals surface area contributed by atoms with Crippen LogP contribution in [0.15, 0.2) is 65.3 Å². The Morgan fingerprint density at radius 2 is 1.73 bits per heavy atom. The van der Waals surface area contributed by atoms with E-state index in [2.05, 4.69) is 58.1 Å². The summed E-state index contributed by atoms with van der Waals surface area (Å²) in [6.45, 7) is 0. The molecule has 3 nitrogen and oxygen atoms in total. The first-order chi connectivity index (χ1) is 12.9. The van der Waals surface area contributed by atoms with E-state index in [0.29, 0.717) is 0 Å². The Balaban J connectivity index is 1.79. The van der Waals surface area contributed by atoms with Gasteiger partial charge in [0, 0.05) is 46.2 Å². The lowest BCUT2D eigenvalue weighted by molar-refractivity contribution is 0.506. The van der Waals surface area contributed by atoms with E-state index in [1.54, 1.807) is 0 Å². The van der Waals surface area contributed by atoms with Gasteiger partial charge in [-0.15, -0.1) is 0 Å². The van der Waals surface area contributed by atoms with Crippen LogP contribution in [0, 0.1) is 0 Å². The van der Waals surface area contributed by atoms with E-state index in [9.17, 15) is 0 Å². The van der Waals surface area contributed by atoms with Crippen LogP contribution in [0.2, 0.25) is 0 Å². The third kappa shape index (κ3) is 1.86. The molecule has 0 radical (unpaired) electrons. The first-order valence-electron chi connectivity index (χ1n) is 9.28. The van der Waals surface area contributed by atoms with Crippen molar-refractivity contribution in [1.29, 1.82) is 0 Å². The minimum absolute atomic E-state index is 1.01. The maximum atomic E-state index is 6.23. The number of para-hydroxylation sites is 1. The maximum absolute atomic E-state index is 6.23. The van der Waals surface area contributed by atoms with Crippen LogP contribution in [0.25, 0.3) is 38.5 Å². The summed E-state index contributed by atoms with van der Waals surface area (Å²) in [5, 5.41) is 3.65. The van der Waals surface area contributed by atoms with Crippen molar-refractivity contribution in [2.45, 2.75) is 25.7 Å². The third-order valence-corrected chi connectivity index (χ3v) is 5.66. The highest BCUT2D eigenvalue weighted by atomic mass is 16.3. The highest BCUT2D eigenvalue weighted by Gasteiger charge is 2.20. The van der Waals surface area contributed by atoms with E-state index in [1.165, 1.54) is 57.0 Å². The van der Waals surface area contributed by atoms with Crippen LogP contribution < -0.4 is 0 Å². The van der Waals surface area contributed by atoms with Gasteiger partial charge in [0.15, 0.2) is 0 Å². The molecular formula is C23H18N2O. The standard InChI is InChI=1S/C23H18N2O/c1-2-6-15(7-3-1)25-20-10-11-24-14-19(20)17-13-23-18(12-21(17)25)16-8-4-5-9-22(16)26-23/h1-3,6-7,10-14H,4-5,8-9H2. The number of hydrogen-bond donors (Lipinski definition) is 0. The number of fused-ring (bicyclic) bond motifs is 6. The van der Waals surface area contributed by atoms with E-state index < -0.39 is 0 Å². The van der Waals surface area contributed by atoms with Gasteiger partial charge in [0.25, 0.3) is 0 Å². The van der Waals surface area contributed by atoms with Gasteiger partial charge in [0.1, 0.15) is 11.3 Å². The predicted octanol–water partition coefficient (Wildman–Crippen LogP) is 5.80. The lowest BCUT2D eigenvalue weighted by Gasteiger charge is -2.09. The smallest absolute Gasteiger partial charge is 0.135 e. The quantitative estimate of drug-likeness (QED) is 0.386. The Labute approximate surface area is 150 Å². The zero-order chi connectivity index (χ0) is 17.1. The molecule has 0 unspecified atom stereocenters. The molecule has 3 aromatic heterocycles. The minimum atomic E-state index is 1.01. The molecule has 3 heterocycles. The van der Waals surface area contributed by atoms with Crippen molar-refractivity contribution in [3.8, 4) is 5.69 Å². The van der Waals surface area contributed by atoms with Crippen LogP contribution in [0.1, 0.15) is 24.2 Å². The molecule has 0 atom stereocenters. The van der Waals surface area contributed by atoms with Gasteiger partial charge in [-0.3, -0.25) is 4.98 Å². The first-order valence-corrected chi connectivity index (χ1v) is 9.28. The summed E-state index contributed by atoms with van der Waals surface area (Å²) in [6, 6.07) is 17.2. The van der Waals surface area contributed by atoms with Crippen molar-refractivity contribution >= 4 is 32.8 Å². The Kier molecular flexibility index (Phi) is 2.83. The molecule has 5 aromatic rings. The SMILES string of the molecule is c1ccc(-n2c3ccncc3c3cc4oc5c(c4cc32)CCCC5)cc1. The molecule has 1 aliphatic rings. The molecule has 0 saturated heterocycles. The van der Waals surface area contributed by atoms with Gasteiger partial charge in [-0.25, -0.2) is 0 Å². The second kappa shape index (κ2) is 5.21. The van der Waals surface area contributed by atoms with Crippen LogP contribution in [-0.4, -0.2) is 9.55 Å². The molecular weight excluding hydrogens is 320 g/mol. The van der Waals surface area contributed by atoms with Gasteiger partial charge < -0.3 is 8.98 Å². The summed E-state index contributed by atoms with van der Waals surface area (Å²) in [6.07, 6.45) is 8.51. The monoisotopic (exact) mass is 338 g/mol. The summed E-state index contributed by atoms with van der Waals surface area (Å²) in [4.78, 5) is 4.37. The highest BCUT2D eigenvalue weighted by Crippen LogP contribution is 2.38. The number of benzene rings is 2. The lowest BCUT2D eigenvalue weighted by Crippen LogP contribution is -1.98. The molecule has 26 heavy (non-hydrogen) atoms. The van der Waals surface area contributed by atoms with Crippen molar-refractivity contribution in [3.05, 3.63) is 72.2 Å². The molecule has 0 aliphatic heterocycles. The average molecular weight is 338 g/mol. The van der Waals surface area contributed by atoms with Gasteiger partial charge >= 0.3 is 0 Å². The number of aromatic nitrogens is 2. The molecule has 6 rings (SSSR count). The van der Waals surface area contributed by atoms with Crippen molar-refractivity contribution < 1.29 is 4.42 Å². The normalized spacial score (nSPS) is 14.3. The number of furan rings is 1. The molecule has 0 N–H and O–H groups in total. The minimum Gasteiger partial charge on any atom is -0.461 e. The average Bonchev–Trinajstić information content (AvgIpc) is 3.22. The van der Waals surface area contributed by atoms with Gasteiger partial charge in [-0.2, -0.15) is 0 Å². The second-order valence-corrected chi connectivity index (χ2v) is 7.14. The summed E-state index contributed by atoms with van der Waals surface area (Å²) >= 11 is 0. The van der Waals surface area contributed by atoms with Crippen LogP contribution in [0.3, 0.4) is 0 Å². The zero-order valence-corrected chi connectivity index (χ0v) is 14.4. The van der Waals surface area contributed by atoms with E-state index in [0.717, 1.165) is 18.4 Å².